The zero-order chi connectivity index (χ0) is 13.3. The van der Waals surface area contributed by atoms with Crippen molar-refractivity contribution in [2.75, 3.05) is 0 Å². The number of nitrogens with zero attached hydrogens (tertiary/aromatic N) is 3. The number of nitriles is 1. The normalized spacial score (nSPS) is 18.4. The number of rotatable bonds is 5. The first-order valence-electron chi connectivity index (χ1n) is 6.63. The Morgan fingerprint density at radius 2 is 2.17 bits per heavy atom. The van der Waals surface area contributed by atoms with Gasteiger partial charge in [-0.05, 0) is 45.6 Å². The Morgan fingerprint density at radius 3 is 2.67 bits per heavy atom. The SMILES string of the molecule is Cc1nn(CC2(CC#N)CC2)c(C)c1CC(C)N. The molecule has 98 valence electrons. The van der Waals surface area contributed by atoms with Crippen LogP contribution in [0.1, 0.15) is 43.1 Å². The highest BCUT2D eigenvalue weighted by molar-refractivity contribution is 5.25. The van der Waals surface area contributed by atoms with E-state index in [0.717, 1.165) is 31.5 Å². The van der Waals surface area contributed by atoms with Gasteiger partial charge in [-0.3, -0.25) is 4.68 Å². The van der Waals surface area contributed by atoms with Gasteiger partial charge in [-0.25, -0.2) is 0 Å². The molecule has 2 N–H and O–H groups in total. The predicted molar refractivity (Wildman–Crippen MR) is 71.0 cm³/mol. The van der Waals surface area contributed by atoms with Crippen LogP contribution in [0.4, 0.5) is 0 Å². The number of hydrogen-bond donors (Lipinski definition) is 1. The van der Waals surface area contributed by atoms with E-state index < -0.39 is 0 Å². The summed E-state index contributed by atoms with van der Waals surface area (Å²) in [4.78, 5) is 0. The number of nitrogens with two attached hydrogens (primary N) is 1. The predicted octanol–water partition coefficient (Wildman–Crippen LogP) is 2.08. The maximum Gasteiger partial charge on any atom is 0.0629 e. The number of aryl methyl sites for hydroxylation is 1. The van der Waals surface area contributed by atoms with E-state index in [4.69, 9.17) is 11.0 Å². The molecule has 0 aromatic carbocycles. The molecule has 0 radical (unpaired) electrons. The molecule has 1 aromatic rings. The molecule has 0 amide bonds. The van der Waals surface area contributed by atoms with Crippen molar-refractivity contribution in [3.05, 3.63) is 17.0 Å². The smallest absolute Gasteiger partial charge is 0.0629 e. The van der Waals surface area contributed by atoms with E-state index in [1.54, 1.807) is 0 Å². The molecule has 1 heterocycles. The number of aromatic nitrogens is 2. The van der Waals surface area contributed by atoms with Crippen LogP contribution in [0.15, 0.2) is 0 Å². The fourth-order valence-corrected chi connectivity index (χ4v) is 2.56. The topological polar surface area (TPSA) is 67.6 Å². The summed E-state index contributed by atoms with van der Waals surface area (Å²) in [6, 6.07) is 2.46. The van der Waals surface area contributed by atoms with Crippen LogP contribution < -0.4 is 5.73 Å². The lowest BCUT2D eigenvalue weighted by Crippen LogP contribution is -2.19. The summed E-state index contributed by atoms with van der Waals surface area (Å²) in [7, 11) is 0. The molecule has 1 atom stereocenters. The quantitative estimate of drug-likeness (QED) is 0.865. The second-order valence-corrected chi connectivity index (χ2v) is 5.82. The molecular weight excluding hydrogens is 224 g/mol. The van der Waals surface area contributed by atoms with Crippen molar-refractivity contribution in [2.45, 2.75) is 59.0 Å². The highest BCUT2D eigenvalue weighted by Gasteiger charge is 2.43. The van der Waals surface area contributed by atoms with Crippen molar-refractivity contribution < 1.29 is 0 Å². The minimum atomic E-state index is 0.161. The van der Waals surface area contributed by atoms with Gasteiger partial charge in [-0.1, -0.05) is 0 Å². The fraction of sp³-hybridized carbons (Fsp3) is 0.714. The van der Waals surface area contributed by atoms with E-state index in [2.05, 4.69) is 22.8 Å². The standard InChI is InChI=1S/C14H22N4/c1-10(16)8-13-11(2)17-18(12(13)3)9-14(4-5-14)6-7-15/h10H,4-6,8-9,16H2,1-3H3. The third-order valence-electron chi connectivity index (χ3n) is 3.95. The Labute approximate surface area is 109 Å². The average molecular weight is 246 g/mol. The van der Waals surface area contributed by atoms with Gasteiger partial charge in [0.2, 0.25) is 0 Å². The first-order chi connectivity index (χ1) is 8.47. The Hall–Kier alpha value is -1.34. The molecule has 4 nitrogen and oxygen atoms in total. The lowest BCUT2D eigenvalue weighted by Gasteiger charge is -2.13. The molecule has 0 spiro atoms. The summed E-state index contributed by atoms with van der Waals surface area (Å²) >= 11 is 0. The molecule has 0 bridgehead atoms. The third kappa shape index (κ3) is 2.56. The third-order valence-corrected chi connectivity index (χ3v) is 3.95. The van der Waals surface area contributed by atoms with E-state index in [1.807, 2.05) is 13.8 Å². The summed E-state index contributed by atoms with van der Waals surface area (Å²) in [5.41, 5.74) is 9.65. The minimum absolute atomic E-state index is 0.161. The lowest BCUT2D eigenvalue weighted by atomic mass is 10.0. The van der Waals surface area contributed by atoms with Crippen molar-refractivity contribution in [3.63, 3.8) is 0 Å². The highest BCUT2D eigenvalue weighted by Crippen LogP contribution is 2.50. The Kier molecular flexibility index (Phi) is 3.45. The second-order valence-electron chi connectivity index (χ2n) is 5.82. The summed E-state index contributed by atoms with van der Waals surface area (Å²) in [5.74, 6) is 0. The van der Waals surface area contributed by atoms with Gasteiger partial charge in [-0.15, -0.1) is 0 Å². The molecule has 1 unspecified atom stereocenters. The van der Waals surface area contributed by atoms with E-state index in [0.29, 0.717) is 6.42 Å². The van der Waals surface area contributed by atoms with Gasteiger partial charge >= 0.3 is 0 Å². The minimum Gasteiger partial charge on any atom is -0.328 e. The van der Waals surface area contributed by atoms with E-state index in [1.165, 1.54) is 11.3 Å². The van der Waals surface area contributed by atoms with Crippen LogP contribution in [0.2, 0.25) is 0 Å². The van der Waals surface area contributed by atoms with Crippen molar-refractivity contribution >= 4 is 0 Å². The molecule has 1 aromatic heterocycles. The van der Waals surface area contributed by atoms with Crippen molar-refractivity contribution in [3.8, 4) is 6.07 Å². The van der Waals surface area contributed by atoms with Gasteiger partial charge in [0.25, 0.3) is 0 Å². The molecule has 18 heavy (non-hydrogen) atoms. The second kappa shape index (κ2) is 4.74. The lowest BCUT2D eigenvalue weighted by molar-refractivity contribution is 0.397. The molecular formula is C14H22N4. The van der Waals surface area contributed by atoms with Crippen LogP contribution >= 0.6 is 0 Å². The zero-order valence-corrected chi connectivity index (χ0v) is 11.5. The van der Waals surface area contributed by atoms with Crippen molar-refractivity contribution in [1.82, 2.24) is 9.78 Å². The summed E-state index contributed by atoms with van der Waals surface area (Å²) < 4.78 is 2.08. The largest absolute Gasteiger partial charge is 0.328 e. The first kappa shape index (κ1) is 13.1. The molecule has 4 heteroatoms. The van der Waals surface area contributed by atoms with Gasteiger partial charge in [-0.2, -0.15) is 10.4 Å². The zero-order valence-electron chi connectivity index (χ0n) is 11.5. The Bertz CT molecular complexity index is 475. The molecule has 1 saturated carbocycles. The molecule has 1 fully saturated rings. The van der Waals surface area contributed by atoms with Crippen LogP contribution in [-0.4, -0.2) is 15.8 Å². The summed E-state index contributed by atoms with van der Waals surface area (Å²) in [6.45, 7) is 7.06. The average Bonchev–Trinajstić information content (AvgIpc) is 2.98. The Morgan fingerprint density at radius 1 is 1.50 bits per heavy atom. The molecule has 2 rings (SSSR count). The summed E-state index contributed by atoms with van der Waals surface area (Å²) in [5, 5.41) is 13.5. The molecule has 0 aliphatic heterocycles. The maximum absolute atomic E-state index is 8.87. The van der Waals surface area contributed by atoms with Gasteiger partial charge in [0.15, 0.2) is 0 Å². The molecule has 0 saturated heterocycles. The fourth-order valence-electron chi connectivity index (χ4n) is 2.56. The molecule has 1 aliphatic carbocycles. The molecule has 1 aliphatic rings. The van der Waals surface area contributed by atoms with Crippen LogP contribution in [-0.2, 0) is 13.0 Å². The monoisotopic (exact) mass is 246 g/mol. The van der Waals surface area contributed by atoms with E-state index in [9.17, 15) is 0 Å². The van der Waals surface area contributed by atoms with Crippen LogP contribution in [0.5, 0.6) is 0 Å². The van der Waals surface area contributed by atoms with Gasteiger partial charge in [0, 0.05) is 30.1 Å². The van der Waals surface area contributed by atoms with Crippen molar-refractivity contribution in [2.24, 2.45) is 11.1 Å². The summed E-state index contributed by atoms with van der Waals surface area (Å²) in [6.07, 6.45) is 3.83. The van der Waals surface area contributed by atoms with E-state index in [-0.39, 0.29) is 11.5 Å². The van der Waals surface area contributed by atoms with Crippen LogP contribution in [0.25, 0.3) is 0 Å². The highest BCUT2D eigenvalue weighted by atomic mass is 15.3. The van der Waals surface area contributed by atoms with Gasteiger partial charge < -0.3 is 5.73 Å². The van der Waals surface area contributed by atoms with Crippen molar-refractivity contribution in [1.29, 1.82) is 5.26 Å². The van der Waals surface area contributed by atoms with Crippen LogP contribution in [0, 0.1) is 30.6 Å². The van der Waals surface area contributed by atoms with Gasteiger partial charge in [0.05, 0.1) is 11.8 Å². The number of hydrogen-bond acceptors (Lipinski definition) is 3. The van der Waals surface area contributed by atoms with Crippen LogP contribution in [0.3, 0.4) is 0 Å². The van der Waals surface area contributed by atoms with Gasteiger partial charge in [0.1, 0.15) is 0 Å². The first-order valence-corrected chi connectivity index (χ1v) is 6.63. The Balaban J connectivity index is 2.18. The maximum atomic E-state index is 8.87. The van der Waals surface area contributed by atoms with E-state index >= 15 is 0 Å².